The minimum absolute atomic E-state index is 0. The third-order valence-electron chi connectivity index (χ3n) is 3.57. The second kappa shape index (κ2) is 8.18. The zero-order chi connectivity index (χ0) is 18.0. The lowest BCUT2D eigenvalue weighted by Crippen LogP contribution is -2.41. The molecule has 1 aromatic rings. The topological polar surface area (TPSA) is 50.4 Å². The third-order valence-corrected chi connectivity index (χ3v) is 3.57. The van der Waals surface area contributed by atoms with Crippen molar-refractivity contribution in [1.82, 2.24) is 10.6 Å². The van der Waals surface area contributed by atoms with E-state index in [2.05, 4.69) is 15.4 Å². The van der Waals surface area contributed by atoms with Gasteiger partial charge in [0.05, 0.1) is 18.6 Å². The van der Waals surface area contributed by atoms with Crippen LogP contribution in [0.1, 0.15) is 24.9 Å². The van der Waals surface area contributed by atoms with Crippen LogP contribution in [0.4, 0.5) is 22.0 Å². The van der Waals surface area contributed by atoms with Crippen molar-refractivity contribution in [3.63, 3.8) is 0 Å². The number of amides is 1. The summed E-state index contributed by atoms with van der Waals surface area (Å²) in [7, 11) is 0. The van der Waals surface area contributed by atoms with Crippen LogP contribution in [0, 0.1) is 0 Å². The zero-order valence-corrected chi connectivity index (χ0v) is 14.0. The van der Waals surface area contributed by atoms with E-state index in [1.165, 1.54) is 24.3 Å². The number of carbonyl (C=O) groups excluding carboxylic acids is 1. The van der Waals surface area contributed by atoms with Crippen LogP contribution in [-0.2, 0) is 4.79 Å². The maximum Gasteiger partial charge on any atom is 0.422 e. The average molecular weight is 389 g/mol. The molecule has 142 valence electrons. The van der Waals surface area contributed by atoms with Crippen LogP contribution in [0.2, 0.25) is 0 Å². The fourth-order valence-corrected chi connectivity index (χ4v) is 2.32. The van der Waals surface area contributed by atoms with Crippen molar-refractivity contribution in [1.29, 1.82) is 0 Å². The van der Waals surface area contributed by atoms with E-state index in [4.69, 9.17) is 0 Å². The van der Waals surface area contributed by atoms with E-state index in [0.717, 1.165) is 0 Å². The lowest BCUT2D eigenvalue weighted by atomic mass is 10.1. The Labute approximate surface area is 147 Å². The molecule has 4 nitrogen and oxygen atoms in total. The number of halogens is 6. The quantitative estimate of drug-likeness (QED) is 0.761. The molecule has 0 aromatic heterocycles. The van der Waals surface area contributed by atoms with Gasteiger partial charge in [-0.2, -0.15) is 13.2 Å². The molecular formula is C15H18ClF5N2O2. The predicted molar refractivity (Wildman–Crippen MR) is 83.2 cm³/mol. The van der Waals surface area contributed by atoms with Gasteiger partial charge in [-0.05, 0) is 24.6 Å². The van der Waals surface area contributed by atoms with Crippen LogP contribution >= 0.6 is 12.4 Å². The molecule has 2 unspecified atom stereocenters. The fraction of sp³-hybridized carbons (Fsp3) is 0.533. The molecule has 0 aliphatic carbocycles. The molecule has 2 rings (SSSR count). The monoisotopic (exact) mass is 388 g/mol. The van der Waals surface area contributed by atoms with E-state index in [-0.39, 0.29) is 18.2 Å². The molecule has 1 aliphatic heterocycles. The molecule has 1 aliphatic rings. The van der Waals surface area contributed by atoms with Crippen LogP contribution in [0.15, 0.2) is 24.3 Å². The van der Waals surface area contributed by atoms with Crippen molar-refractivity contribution >= 4 is 18.3 Å². The van der Waals surface area contributed by atoms with Gasteiger partial charge < -0.3 is 10.1 Å². The largest absolute Gasteiger partial charge is 0.484 e. The maximum absolute atomic E-state index is 13.1. The Hall–Kier alpha value is -1.61. The lowest BCUT2D eigenvalue weighted by Gasteiger charge is -2.18. The fourth-order valence-electron chi connectivity index (χ4n) is 2.32. The summed E-state index contributed by atoms with van der Waals surface area (Å²) in [6.07, 6.45) is -4.98. The van der Waals surface area contributed by atoms with Crippen molar-refractivity contribution in [3.8, 4) is 5.75 Å². The highest BCUT2D eigenvalue weighted by atomic mass is 35.5. The minimum atomic E-state index is -4.42. The van der Waals surface area contributed by atoms with E-state index in [9.17, 15) is 26.7 Å². The van der Waals surface area contributed by atoms with Crippen LogP contribution in [0.3, 0.4) is 0 Å². The maximum atomic E-state index is 13.1. The van der Waals surface area contributed by atoms with E-state index in [1.807, 2.05) is 0 Å². The summed E-state index contributed by atoms with van der Waals surface area (Å²) in [6.45, 7) is -0.276. The number of hydrogen-bond acceptors (Lipinski definition) is 3. The summed E-state index contributed by atoms with van der Waals surface area (Å²) in [4.78, 5) is 11.9. The van der Waals surface area contributed by atoms with E-state index < -0.39 is 49.7 Å². The molecule has 2 atom stereocenters. The molecule has 1 heterocycles. The molecular weight excluding hydrogens is 371 g/mol. The second-order valence-corrected chi connectivity index (χ2v) is 5.70. The molecule has 2 N–H and O–H groups in total. The van der Waals surface area contributed by atoms with Gasteiger partial charge in [-0.3, -0.25) is 10.1 Å². The summed E-state index contributed by atoms with van der Waals surface area (Å²) in [6, 6.07) is 4.28. The number of benzene rings is 1. The molecule has 0 spiro atoms. The highest BCUT2D eigenvalue weighted by molar-refractivity contribution is 5.85. The Bertz CT molecular complexity index is 580. The van der Waals surface area contributed by atoms with Crippen LogP contribution in [0.25, 0.3) is 0 Å². The number of hydrogen-bond donors (Lipinski definition) is 2. The standard InChI is InChI=1S/C15H17F5N2O2.ClH/c1-9(22-13(23)12-6-14(16,17)7-21-12)10-2-4-11(5-3-10)24-8-15(18,19)20;/h2-5,9,12,21H,6-8H2,1H3,(H,22,23);1H. The van der Waals surface area contributed by atoms with Gasteiger partial charge in [0, 0.05) is 6.42 Å². The summed E-state index contributed by atoms with van der Waals surface area (Å²) in [5, 5.41) is 5.05. The normalized spacial score (nSPS) is 20.5. The summed E-state index contributed by atoms with van der Waals surface area (Å²) >= 11 is 0. The Morgan fingerprint density at radius 2 is 1.96 bits per heavy atom. The Balaban J connectivity index is 0.00000312. The van der Waals surface area contributed by atoms with Crippen molar-refractivity contribution in [3.05, 3.63) is 29.8 Å². The lowest BCUT2D eigenvalue weighted by molar-refractivity contribution is -0.153. The molecule has 1 aromatic carbocycles. The van der Waals surface area contributed by atoms with Gasteiger partial charge >= 0.3 is 6.18 Å². The summed E-state index contributed by atoms with van der Waals surface area (Å²) in [5.74, 6) is -3.40. The van der Waals surface area contributed by atoms with Crippen molar-refractivity contribution in [2.75, 3.05) is 13.2 Å². The molecule has 1 fully saturated rings. The molecule has 0 saturated carbocycles. The number of nitrogens with one attached hydrogen (secondary N) is 2. The predicted octanol–water partition coefficient (Wildman–Crippen LogP) is 3.22. The summed E-state index contributed by atoms with van der Waals surface area (Å²) in [5.41, 5.74) is 0.618. The van der Waals surface area contributed by atoms with Gasteiger partial charge in [0.2, 0.25) is 5.91 Å². The molecule has 0 radical (unpaired) electrons. The highest BCUT2D eigenvalue weighted by Crippen LogP contribution is 2.26. The first-order chi connectivity index (χ1) is 11.1. The summed E-state index contributed by atoms with van der Waals surface area (Å²) < 4.78 is 66.9. The first-order valence-electron chi connectivity index (χ1n) is 7.27. The van der Waals surface area contributed by atoms with Gasteiger partial charge in [-0.25, -0.2) is 8.78 Å². The van der Waals surface area contributed by atoms with Gasteiger partial charge in [0.25, 0.3) is 5.92 Å². The van der Waals surface area contributed by atoms with Gasteiger partial charge in [-0.15, -0.1) is 12.4 Å². The first-order valence-corrected chi connectivity index (χ1v) is 7.27. The minimum Gasteiger partial charge on any atom is -0.484 e. The smallest absolute Gasteiger partial charge is 0.422 e. The van der Waals surface area contributed by atoms with Gasteiger partial charge in [0.1, 0.15) is 5.75 Å². The van der Waals surface area contributed by atoms with Crippen molar-refractivity contribution in [2.45, 2.75) is 37.5 Å². The zero-order valence-electron chi connectivity index (χ0n) is 13.2. The second-order valence-electron chi connectivity index (χ2n) is 5.70. The van der Waals surface area contributed by atoms with Crippen molar-refractivity contribution < 1.29 is 31.5 Å². The van der Waals surface area contributed by atoms with Crippen LogP contribution < -0.4 is 15.4 Å². The Kier molecular flexibility index (Phi) is 7.01. The Morgan fingerprint density at radius 1 is 1.36 bits per heavy atom. The third kappa shape index (κ3) is 6.66. The van der Waals surface area contributed by atoms with Crippen LogP contribution in [-0.4, -0.2) is 37.2 Å². The SMILES string of the molecule is CC(NC(=O)C1CC(F)(F)CN1)c1ccc(OCC(F)(F)F)cc1.Cl. The Morgan fingerprint density at radius 3 is 2.44 bits per heavy atom. The van der Waals surface area contributed by atoms with Gasteiger partial charge in [-0.1, -0.05) is 12.1 Å². The number of alkyl halides is 5. The number of rotatable bonds is 5. The number of carbonyl (C=O) groups is 1. The molecule has 1 saturated heterocycles. The van der Waals surface area contributed by atoms with E-state index in [1.54, 1.807) is 6.92 Å². The highest BCUT2D eigenvalue weighted by Gasteiger charge is 2.42. The first kappa shape index (κ1) is 21.4. The van der Waals surface area contributed by atoms with Crippen LogP contribution in [0.5, 0.6) is 5.75 Å². The molecule has 10 heteroatoms. The van der Waals surface area contributed by atoms with E-state index >= 15 is 0 Å². The molecule has 25 heavy (non-hydrogen) atoms. The van der Waals surface area contributed by atoms with Crippen molar-refractivity contribution in [2.24, 2.45) is 0 Å². The molecule has 1 amide bonds. The number of ether oxygens (including phenoxy) is 1. The molecule has 0 bridgehead atoms. The van der Waals surface area contributed by atoms with E-state index in [0.29, 0.717) is 5.56 Å². The van der Waals surface area contributed by atoms with Gasteiger partial charge in [0.15, 0.2) is 6.61 Å². The average Bonchev–Trinajstić information content (AvgIpc) is 2.85.